The molecular formula is C10H23NO. The van der Waals surface area contributed by atoms with Gasteiger partial charge in [-0.25, -0.2) is 0 Å². The van der Waals surface area contributed by atoms with Crippen LogP contribution in [0.5, 0.6) is 0 Å². The number of aliphatic hydroxyl groups is 1. The van der Waals surface area contributed by atoms with Crippen LogP contribution in [0.1, 0.15) is 46.5 Å². The summed E-state index contributed by atoms with van der Waals surface area (Å²) in [6.45, 7) is 6.92. The third-order valence-corrected chi connectivity index (χ3v) is 2.00. The molecule has 0 aromatic carbocycles. The molecule has 0 aliphatic carbocycles. The normalized spacial score (nSPS) is 16.0. The lowest BCUT2D eigenvalue weighted by Gasteiger charge is -2.14. The topological polar surface area (TPSA) is 32.3 Å². The fourth-order valence-electron chi connectivity index (χ4n) is 1.17. The molecule has 0 saturated heterocycles. The largest absolute Gasteiger partial charge is 0.392 e. The highest BCUT2D eigenvalue weighted by atomic mass is 16.3. The van der Waals surface area contributed by atoms with Crippen LogP contribution in [0.3, 0.4) is 0 Å². The summed E-state index contributed by atoms with van der Waals surface area (Å²) in [7, 11) is 0. The number of hydrogen-bond acceptors (Lipinski definition) is 2. The first-order valence-electron chi connectivity index (χ1n) is 5.08. The molecule has 0 bridgehead atoms. The van der Waals surface area contributed by atoms with E-state index in [9.17, 15) is 0 Å². The molecule has 0 rings (SSSR count). The van der Waals surface area contributed by atoms with Crippen molar-refractivity contribution in [2.75, 3.05) is 6.54 Å². The second kappa shape index (κ2) is 7.56. The van der Waals surface area contributed by atoms with Crippen LogP contribution < -0.4 is 5.32 Å². The Morgan fingerprint density at radius 3 is 2.42 bits per heavy atom. The van der Waals surface area contributed by atoms with E-state index in [1.54, 1.807) is 0 Å². The zero-order valence-electron chi connectivity index (χ0n) is 8.64. The molecular weight excluding hydrogens is 150 g/mol. The van der Waals surface area contributed by atoms with Crippen LogP contribution in [0, 0.1) is 0 Å². The third-order valence-electron chi connectivity index (χ3n) is 2.00. The van der Waals surface area contributed by atoms with Gasteiger partial charge in [-0.15, -0.1) is 0 Å². The van der Waals surface area contributed by atoms with Crippen molar-refractivity contribution in [3.63, 3.8) is 0 Å². The van der Waals surface area contributed by atoms with Crippen molar-refractivity contribution >= 4 is 0 Å². The minimum absolute atomic E-state index is 0.223. The second-order valence-corrected chi connectivity index (χ2v) is 3.65. The molecule has 0 radical (unpaired) electrons. The molecule has 12 heavy (non-hydrogen) atoms. The lowest BCUT2D eigenvalue weighted by atomic mass is 10.1. The predicted molar refractivity (Wildman–Crippen MR) is 53.3 cm³/mol. The molecule has 0 aromatic heterocycles. The van der Waals surface area contributed by atoms with Gasteiger partial charge in [0.25, 0.3) is 0 Å². The lowest BCUT2D eigenvalue weighted by Crippen LogP contribution is -2.32. The summed E-state index contributed by atoms with van der Waals surface area (Å²) in [5.74, 6) is 0. The van der Waals surface area contributed by atoms with Crippen molar-refractivity contribution in [1.29, 1.82) is 0 Å². The molecule has 0 amide bonds. The van der Waals surface area contributed by atoms with Crippen LogP contribution >= 0.6 is 0 Å². The van der Waals surface area contributed by atoms with Crippen LogP contribution in [-0.4, -0.2) is 23.8 Å². The second-order valence-electron chi connectivity index (χ2n) is 3.65. The summed E-state index contributed by atoms with van der Waals surface area (Å²) < 4.78 is 0. The van der Waals surface area contributed by atoms with E-state index < -0.39 is 0 Å². The molecule has 0 aliphatic rings. The van der Waals surface area contributed by atoms with Crippen LogP contribution in [0.4, 0.5) is 0 Å². The van der Waals surface area contributed by atoms with Crippen molar-refractivity contribution in [3.8, 4) is 0 Å². The molecule has 0 spiro atoms. The minimum Gasteiger partial charge on any atom is -0.392 e. The van der Waals surface area contributed by atoms with Gasteiger partial charge in [0, 0.05) is 12.6 Å². The van der Waals surface area contributed by atoms with Crippen molar-refractivity contribution in [1.82, 2.24) is 5.32 Å². The van der Waals surface area contributed by atoms with Gasteiger partial charge >= 0.3 is 0 Å². The molecule has 74 valence electrons. The van der Waals surface area contributed by atoms with E-state index in [1.165, 1.54) is 25.7 Å². The van der Waals surface area contributed by atoms with Crippen molar-refractivity contribution in [3.05, 3.63) is 0 Å². The lowest BCUT2D eigenvalue weighted by molar-refractivity contribution is 0.186. The number of nitrogens with one attached hydrogen (secondary N) is 1. The summed E-state index contributed by atoms with van der Waals surface area (Å²) >= 11 is 0. The van der Waals surface area contributed by atoms with E-state index in [-0.39, 0.29) is 6.10 Å². The number of aliphatic hydroxyl groups excluding tert-OH is 1. The molecule has 2 nitrogen and oxygen atoms in total. The maximum Gasteiger partial charge on any atom is 0.0636 e. The van der Waals surface area contributed by atoms with E-state index >= 15 is 0 Å². The average Bonchev–Trinajstić information content (AvgIpc) is 2.01. The van der Waals surface area contributed by atoms with Gasteiger partial charge in [0.2, 0.25) is 0 Å². The SMILES string of the molecule is CCCCCC(C)NCC(C)O. The van der Waals surface area contributed by atoms with Gasteiger partial charge in [-0.1, -0.05) is 26.2 Å². The molecule has 2 unspecified atom stereocenters. The summed E-state index contributed by atoms with van der Waals surface area (Å²) in [5, 5.41) is 12.3. The van der Waals surface area contributed by atoms with E-state index in [2.05, 4.69) is 19.2 Å². The molecule has 2 atom stereocenters. The average molecular weight is 173 g/mol. The summed E-state index contributed by atoms with van der Waals surface area (Å²) in [6.07, 6.45) is 4.90. The van der Waals surface area contributed by atoms with Crippen molar-refractivity contribution in [2.24, 2.45) is 0 Å². The smallest absolute Gasteiger partial charge is 0.0636 e. The van der Waals surface area contributed by atoms with E-state index in [0.29, 0.717) is 12.6 Å². The third kappa shape index (κ3) is 8.02. The first-order valence-corrected chi connectivity index (χ1v) is 5.08. The summed E-state index contributed by atoms with van der Waals surface area (Å²) in [5.41, 5.74) is 0. The van der Waals surface area contributed by atoms with Crippen molar-refractivity contribution in [2.45, 2.75) is 58.6 Å². The number of unbranched alkanes of at least 4 members (excludes halogenated alkanes) is 2. The first-order chi connectivity index (χ1) is 5.66. The number of hydrogen-bond donors (Lipinski definition) is 2. The Hall–Kier alpha value is -0.0800. The maximum atomic E-state index is 9.01. The van der Waals surface area contributed by atoms with Gasteiger partial charge in [-0.2, -0.15) is 0 Å². The summed E-state index contributed by atoms with van der Waals surface area (Å²) in [4.78, 5) is 0. The molecule has 0 fully saturated rings. The van der Waals surface area contributed by atoms with Crippen LogP contribution in [0.15, 0.2) is 0 Å². The maximum absolute atomic E-state index is 9.01. The van der Waals surface area contributed by atoms with Crippen LogP contribution in [0.25, 0.3) is 0 Å². The van der Waals surface area contributed by atoms with Gasteiger partial charge in [0.05, 0.1) is 6.10 Å². The van der Waals surface area contributed by atoms with Gasteiger partial charge < -0.3 is 10.4 Å². The fourth-order valence-corrected chi connectivity index (χ4v) is 1.17. The molecule has 0 aromatic rings. The van der Waals surface area contributed by atoms with Gasteiger partial charge in [0.15, 0.2) is 0 Å². The highest BCUT2D eigenvalue weighted by Gasteiger charge is 2.01. The fraction of sp³-hybridized carbons (Fsp3) is 1.00. The first kappa shape index (κ1) is 11.9. The molecule has 2 N–H and O–H groups in total. The van der Waals surface area contributed by atoms with Gasteiger partial charge in [-0.05, 0) is 20.3 Å². The Labute approximate surface area is 76.4 Å². The van der Waals surface area contributed by atoms with Gasteiger partial charge in [-0.3, -0.25) is 0 Å². The molecule has 0 aliphatic heterocycles. The quantitative estimate of drug-likeness (QED) is 0.577. The Bertz CT molecular complexity index is 93.8. The summed E-state index contributed by atoms with van der Waals surface area (Å²) in [6, 6.07) is 0.547. The molecule has 0 saturated carbocycles. The Morgan fingerprint density at radius 1 is 1.25 bits per heavy atom. The van der Waals surface area contributed by atoms with Crippen molar-refractivity contribution < 1.29 is 5.11 Å². The zero-order valence-corrected chi connectivity index (χ0v) is 8.64. The standard InChI is InChI=1S/C10H23NO/c1-4-5-6-7-9(2)11-8-10(3)12/h9-12H,4-8H2,1-3H3. The minimum atomic E-state index is -0.223. The number of rotatable bonds is 7. The molecule has 2 heteroatoms. The van der Waals surface area contributed by atoms with E-state index in [0.717, 1.165) is 0 Å². The monoisotopic (exact) mass is 173 g/mol. The Kier molecular flexibility index (Phi) is 7.51. The van der Waals surface area contributed by atoms with Crippen LogP contribution in [-0.2, 0) is 0 Å². The molecule has 0 heterocycles. The van der Waals surface area contributed by atoms with E-state index in [4.69, 9.17) is 5.11 Å². The Morgan fingerprint density at radius 2 is 1.92 bits per heavy atom. The van der Waals surface area contributed by atoms with E-state index in [1.807, 2.05) is 6.92 Å². The zero-order chi connectivity index (χ0) is 9.40. The highest BCUT2D eigenvalue weighted by Crippen LogP contribution is 2.02. The van der Waals surface area contributed by atoms with Gasteiger partial charge in [0.1, 0.15) is 0 Å². The predicted octanol–water partition coefficient (Wildman–Crippen LogP) is 1.93. The Balaban J connectivity index is 3.15. The highest BCUT2D eigenvalue weighted by molar-refractivity contribution is 4.62. The van der Waals surface area contributed by atoms with Crippen LogP contribution in [0.2, 0.25) is 0 Å².